The molecule has 1 fully saturated rings. The van der Waals surface area contributed by atoms with Gasteiger partial charge in [0, 0.05) is 19.1 Å². The Morgan fingerprint density at radius 2 is 1.95 bits per heavy atom. The number of rotatable bonds is 2. The van der Waals surface area contributed by atoms with E-state index in [0.29, 0.717) is 13.1 Å². The standard InChI is InChI=1S/C11H17ClN4O2S/c1-9-8-15(2)4-3-5-16(9)19(17,18)10-6-13-11(12)14-7-10/h6-7,9H,3-5,8H2,1-2H3. The summed E-state index contributed by atoms with van der Waals surface area (Å²) in [6.07, 6.45) is 3.33. The van der Waals surface area contributed by atoms with Crippen LogP contribution in [0.25, 0.3) is 0 Å². The first-order chi connectivity index (χ1) is 8.91. The van der Waals surface area contributed by atoms with Gasteiger partial charge in [-0.05, 0) is 38.5 Å². The maximum atomic E-state index is 12.6. The first kappa shape index (κ1) is 14.6. The molecule has 0 aliphatic carbocycles. The molecule has 2 heterocycles. The quantitative estimate of drug-likeness (QED) is 0.758. The smallest absolute Gasteiger partial charge is 0.246 e. The number of aromatic nitrogens is 2. The third-order valence-electron chi connectivity index (χ3n) is 3.19. The maximum Gasteiger partial charge on any atom is 0.246 e. The molecule has 1 atom stereocenters. The zero-order chi connectivity index (χ0) is 14.0. The minimum atomic E-state index is -3.55. The van der Waals surface area contributed by atoms with Crippen molar-refractivity contribution in [3.8, 4) is 0 Å². The van der Waals surface area contributed by atoms with Crippen LogP contribution < -0.4 is 0 Å². The van der Waals surface area contributed by atoms with E-state index in [2.05, 4.69) is 14.9 Å². The molecular weight excluding hydrogens is 288 g/mol. The summed E-state index contributed by atoms with van der Waals surface area (Å²) in [5.41, 5.74) is 0. The van der Waals surface area contributed by atoms with Gasteiger partial charge in [0.05, 0.1) is 12.4 Å². The van der Waals surface area contributed by atoms with Gasteiger partial charge in [-0.2, -0.15) is 4.31 Å². The van der Waals surface area contributed by atoms with Crippen molar-refractivity contribution in [3.63, 3.8) is 0 Å². The summed E-state index contributed by atoms with van der Waals surface area (Å²) in [4.78, 5) is 9.71. The van der Waals surface area contributed by atoms with Crippen molar-refractivity contribution < 1.29 is 8.42 Å². The lowest BCUT2D eigenvalue weighted by molar-refractivity contribution is 0.290. The molecule has 0 spiro atoms. The lowest BCUT2D eigenvalue weighted by Gasteiger charge is -2.26. The highest BCUT2D eigenvalue weighted by Gasteiger charge is 2.31. The molecule has 0 bridgehead atoms. The van der Waals surface area contributed by atoms with Crippen molar-refractivity contribution >= 4 is 21.6 Å². The minimum Gasteiger partial charge on any atom is -0.305 e. The predicted octanol–water partition coefficient (Wildman–Crippen LogP) is 0.845. The lowest BCUT2D eigenvalue weighted by atomic mass is 10.3. The summed E-state index contributed by atoms with van der Waals surface area (Å²) in [6.45, 7) is 4.04. The first-order valence-corrected chi connectivity index (χ1v) is 7.91. The summed E-state index contributed by atoms with van der Waals surface area (Å²) >= 11 is 5.58. The molecule has 0 aromatic carbocycles. The third kappa shape index (κ3) is 3.22. The van der Waals surface area contributed by atoms with E-state index in [1.165, 1.54) is 16.7 Å². The fraction of sp³-hybridized carbons (Fsp3) is 0.636. The number of sulfonamides is 1. The summed E-state index contributed by atoms with van der Waals surface area (Å²) in [7, 11) is -1.55. The van der Waals surface area contributed by atoms with E-state index in [0.717, 1.165) is 13.0 Å². The molecule has 106 valence electrons. The largest absolute Gasteiger partial charge is 0.305 e. The molecular formula is C11H17ClN4O2S. The number of likely N-dealkylation sites (N-methyl/N-ethyl adjacent to an activating group) is 1. The molecule has 6 nitrogen and oxygen atoms in total. The highest BCUT2D eigenvalue weighted by molar-refractivity contribution is 7.89. The molecule has 0 radical (unpaired) electrons. The SMILES string of the molecule is CC1CN(C)CCCN1S(=O)(=O)c1cnc(Cl)nc1. The molecule has 1 saturated heterocycles. The van der Waals surface area contributed by atoms with E-state index < -0.39 is 10.0 Å². The van der Waals surface area contributed by atoms with E-state index in [9.17, 15) is 8.42 Å². The van der Waals surface area contributed by atoms with Crippen LogP contribution in [0.5, 0.6) is 0 Å². The molecule has 0 N–H and O–H groups in total. The zero-order valence-corrected chi connectivity index (χ0v) is 12.5. The molecule has 2 rings (SSSR count). The molecule has 1 aliphatic heterocycles. The molecule has 1 aliphatic rings. The normalized spacial score (nSPS) is 23.2. The van der Waals surface area contributed by atoms with Crippen LogP contribution in [0.2, 0.25) is 5.28 Å². The van der Waals surface area contributed by atoms with Gasteiger partial charge >= 0.3 is 0 Å². The van der Waals surface area contributed by atoms with Gasteiger partial charge in [-0.1, -0.05) is 0 Å². The number of hydrogen-bond donors (Lipinski definition) is 0. The Balaban J connectivity index is 2.30. The van der Waals surface area contributed by atoms with Gasteiger partial charge in [0.2, 0.25) is 15.3 Å². The summed E-state index contributed by atoms with van der Waals surface area (Å²) in [5, 5.41) is 0.0441. The lowest BCUT2D eigenvalue weighted by Crippen LogP contribution is -2.41. The van der Waals surface area contributed by atoms with Crippen molar-refractivity contribution in [1.29, 1.82) is 0 Å². The Morgan fingerprint density at radius 3 is 2.58 bits per heavy atom. The average molecular weight is 305 g/mol. The molecule has 0 amide bonds. The Bertz CT molecular complexity index is 534. The van der Waals surface area contributed by atoms with Crippen LogP contribution in [0.3, 0.4) is 0 Å². The fourth-order valence-electron chi connectivity index (χ4n) is 2.28. The fourth-order valence-corrected chi connectivity index (χ4v) is 3.93. The number of nitrogens with zero attached hydrogens (tertiary/aromatic N) is 4. The van der Waals surface area contributed by atoms with Crippen LogP contribution in [0.1, 0.15) is 13.3 Å². The van der Waals surface area contributed by atoms with E-state index in [-0.39, 0.29) is 16.2 Å². The van der Waals surface area contributed by atoms with E-state index in [1.807, 2.05) is 14.0 Å². The van der Waals surface area contributed by atoms with Gasteiger partial charge in [0.1, 0.15) is 4.90 Å². The van der Waals surface area contributed by atoms with E-state index >= 15 is 0 Å². The summed E-state index contributed by atoms with van der Waals surface area (Å²) in [6, 6.07) is -0.0758. The highest BCUT2D eigenvalue weighted by Crippen LogP contribution is 2.20. The molecule has 1 aromatic rings. The van der Waals surface area contributed by atoms with E-state index in [4.69, 9.17) is 11.6 Å². The topological polar surface area (TPSA) is 66.4 Å². The van der Waals surface area contributed by atoms with Crippen molar-refractivity contribution in [2.75, 3.05) is 26.7 Å². The zero-order valence-electron chi connectivity index (χ0n) is 11.0. The van der Waals surface area contributed by atoms with Crippen LogP contribution in [-0.4, -0.2) is 60.3 Å². The molecule has 19 heavy (non-hydrogen) atoms. The van der Waals surface area contributed by atoms with Gasteiger partial charge in [-0.25, -0.2) is 18.4 Å². The van der Waals surface area contributed by atoms with Gasteiger partial charge in [-0.15, -0.1) is 0 Å². The van der Waals surface area contributed by atoms with Crippen LogP contribution in [0, 0.1) is 0 Å². The first-order valence-electron chi connectivity index (χ1n) is 6.09. The van der Waals surface area contributed by atoms with Gasteiger partial charge < -0.3 is 4.90 Å². The van der Waals surface area contributed by atoms with E-state index in [1.54, 1.807) is 0 Å². The Labute approximate surface area is 118 Å². The Kier molecular flexibility index (Phi) is 4.39. The molecule has 1 aromatic heterocycles. The van der Waals surface area contributed by atoms with Crippen molar-refractivity contribution in [1.82, 2.24) is 19.2 Å². The maximum absolute atomic E-state index is 12.6. The van der Waals surface area contributed by atoms with Crippen molar-refractivity contribution in [2.24, 2.45) is 0 Å². The second-order valence-corrected chi connectivity index (χ2v) is 7.00. The third-order valence-corrected chi connectivity index (χ3v) is 5.35. The molecule has 0 saturated carbocycles. The average Bonchev–Trinajstić information content (AvgIpc) is 2.50. The predicted molar refractivity (Wildman–Crippen MR) is 72.5 cm³/mol. The Morgan fingerprint density at radius 1 is 1.32 bits per heavy atom. The summed E-state index contributed by atoms with van der Waals surface area (Å²) < 4.78 is 26.6. The van der Waals surface area contributed by atoms with Gasteiger partial charge in [-0.3, -0.25) is 0 Å². The number of halogens is 1. The van der Waals surface area contributed by atoms with Gasteiger partial charge in [0.15, 0.2) is 0 Å². The van der Waals surface area contributed by atoms with Crippen molar-refractivity contribution in [3.05, 3.63) is 17.7 Å². The Hall–Kier alpha value is -0.760. The monoisotopic (exact) mass is 304 g/mol. The summed E-state index contributed by atoms with van der Waals surface area (Å²) in [5.74, 6) is 0. The van der Waals surface area contributed by atoms with Crippen LogP contribution in [0.4, 0.5) is 0 Å². The van der Waals surface area contributed by atoms with Gasteiger partial charge in [0.25, 0.3) is 0 Å². The highest BCUT2D eigenvalue weighted by atomic mass is 35.5. The second kappa shape index (κ2) is 5.70. The minimum absolute atomic E-state index is 0.0441. The van der Waals surface area contributed by atoms with Crippen molar-refractivity contribution in [2.45, 2.75) is 24.3 Å². The molecule has 8 heteroatoms. The second-order valence-electron chi connectivity index (χ2n) is 4.77. The van der Waals surface area contributed by atoms with Crippen LogP contribution in [-0.2, 0) is 10.0 Å². The van der Waals surface area contributed by atoms with Crippen LogP contribution in [0.15, 0.2) is 17.3 Å². The number of hydrogen-bond acceptors (Lipinski definition) is 5. The van der Waals surface area contributed by atoms with Crippen LogP contribution >= 0.6 is 11.6 Å². The molecule has 1 unspecified atom stereocenters.